The number of hydrogen-bond donors (Lipinski definition) is 0. The van der Waals surface area contributed by atoms with Crippen LogP contribution in [0, 0.1) is 16.4 Å². The van der Waals surface area contributed by atoms with Gasteiger partial charge < -0.3 is 0 Å². The van der Waals surface area contributed by atoms with E-state index < -0.39 is 0 Å². The van der Waals surface area contributed by atoms with Crippen LogP contribution >= 0.6 is 38.5 Å². The molecular formula is C8H5BrFIN2. The Balaban J connectivity index is 2.94. The number of nitrogens with zero attached hydrogens (tertiary/aromatic N) is 2. The summed E-state index contributed by atoms with van der Waals surface area (Å²) in [5, 5.41) is 0. The van der Waals surface area contributed by atoms with E-state index >= 15 is 0 Å². The molecule has 68 valence electrons. The van der Waals surface area contributed by atoms with Gasteiger partial charge in [0.15, 0.2) is 11.5 Å². The van der Waals surface area contributed by atoms with E-state index in [9.17, 15) is 4.39 Å². The van der Waals surface area contributed by atoms with E-state index in [4.69, 9.17) is 0 Å². The number of hydrogen-bond acceptors (Lipinski definition) is 1. The molecule has 0 amide bonds. The zero-order valence-corrected chi connectivity index (χ0v) is 10.4. The van der Waals surface area contributed by atoms with Crippen molar-refractivity contribution in [1.29, 1.82) is 0 Å². The molecule has 2 aromatic heterocycles. The highest BCUT2D eigenvalue weighted by Gasteiger charge is 2.10. The molecule has 0 N–H and O–H groups in total. The summed E-state index contributed by atoms with van der Waals surface area (Å²) in [7, 11) is 0. The highest BCUT2D eigenvalue weighted by atomic mass is 127. The van der Waals surface area contributed by atoms with Gasteiger partial charge in [0.25, 0.3) is 0 Å². The number of aryl methyl sites for hydroxylation is 1. The van der Waals surface area contributed by atoms with Crippen LogP contribution in [0.1, 0.15) is 5.69 Å². The van der Waals surface area contributed by atoms with Gasteiger partial charge in [0.1, 0.15) is 3.70 Å². The van der Waals surface area contributed by atoms with Gasteiger partial charge in [-0.25, -0.2) is 9.37 Å². The Hall–Kier alpha value is -0.170. The summed E-state index contributed by atoms with van der Waals surface area (Å²) in [5.41, 5.74) is 1.22. The molecule has 2 rings (SSSR count). The molecule has 0 radical (unpaired) electrons. The maximum atomic E-state index is 13.3. The first-order chi connectivity index (χ1) is 6.09. The third kappa shape index (κ3) is 1.48. The third-order valence-electron chi connectivity index (χ3n) is 1.74. The van der Waals surface area contributed by atoms with Crippen LogP contribution in [0.5, 0.6) is 0 Å². The fourth-order valence-corrected chi connectivity index (χ4v) is 2.05. The molecule has 0 saturated carbocycles. The van der Waals surface area contributed by atoms with E-state index in [1.165, 1.54) is 6.07 Å². The molecule has 2 aromatic rings. The molecule has 0 unspecified atom stereocenters. The summed E-state index contributed by atoms with van der Waals surface area (Å²) >= 11 is 5.38. The molecule has 13 heavy (non-hydrogen) atoms. The monoisotopic (exact) mass is 354 g/mol. The van der Waals surface area contributed by atoms with Crippen LogP contribution in [-0.2, 0) is 0 Å². The standard InChI is InChI=1S/C8H5BrFIN2/c1-4-7(11)13-3-5(9)2-6(10)8(13)12-4/h2-3H,1H3. The summed E-state index contributed by atoms with van der Waals surface area (Å²) in [5.74, 6) is -0.305. The second kappa shape index (κ2) is 3.20. The van der Waals surface area contributed by atoms with Crippen molar-refractivity contribution in [3.05, 3.63) is 31.9 Å². The lowest BCUT2D eigenvalue weighted by molar-refractivity contribution is 0.628. The van der Waals surface area contributed by atoms with Crippen molar-refractivity contribution in [2.24, 2.45) is 0 Å². The first kappa shape index (κ1) is 9.39. The Morgan fingerprint density at radius 2 is 2.31 bits per heavy atom. The van der Waals surface area contributed by atoms with Crippen LogP contribution in [0.25, 0.3) is 5.65 Å². The molecule has 2 nitrogen and oxygen atoms in total. The SMILES string of the molecule is Cc1nc2c(F)cc(Br)cn2c1I. The number of fused-ring (bicyclic) bond motifs is 1. The lowest BCUT2D eigenvalue weighted by Gasteiger charge is -1.97. The van der Waals surface area contributed by atoms with Gasteiger partial charge in [0.2, 0.25) is 0 Å². The molecule has 0 bridgehead atoms. The van der Waals surface area contributed by atoms with Gasteiger partial charge >= 0.3 is 0 Å². The second-order valence-corrected chi connectivity index (χ2v) is 4.63. The van der Waals surface area contributed by atoms with Crippen molar-refractivity contribution in [1.82, 2.24) is 9.38 Å². The molecule has 0 aliphatic heterocycles. The van der Waals surface area contributed by atoms with Crippen molar-refractivity contribution in [2.45, 2.75) is 6.92 Å². The lowest BCUT2D eigenvalue weighted by atomic mass is 10.4. The van der Waals surface area contributed by atoms with E-state index in [0.29, 0.717) is 10.1 Å². The predicted molar refractivity (Wildman–Crippen MR) is 60.3 cm³/mol. The number of pyridine rings is 1. The molecule has 0 aromatic carbocycles. The number of halogens is 3. The third-order valence-corrected chi connectivity index (χ3v) is 3.48. The van der Waals surface area contributed by atoms with Crippen LogP contribution in [-0.4, -0.2) is 9.38 Å². The van der Waals surface area contributed by atoms with Gasteiger partial charge in [0.05, 0.1) is 5.69 Å². The van der Waals surface area contributed by atoms with Crippen molar-refractivity contribution in [3.63, 3.8) is 0 Å². The fourth-order valence-electron chi connectivity index (χ4n) is 1.16. The molecule has 2 heterocycles. The minimum atomic E-state index is -0.305. The second-order valence-electron chi connectivity index (χ2n) is 2.69. The van der Waals surface area contributed by atoms with Gasteiger partial charge in [-0.2, -0.15) is 0 Å². The van der Waals surface area contributed by atoms with Gasteiger partial charge in [-0.3, -0.25) is 4.40 Å². The highest BCUT2D eigenvalue weighted by molar-refractivity contribution is 14.1. The zero-order valence-electron chi connectivity index (χ0n) is 6.68. The molecule has 5 heteroatoms. The Morgan fingerprint density at radius 1 is 1.62 bits per heavy atom. The van der Waals surface area contributed by atoms with Crippen LogP contribution < -0.4 is 0 Å². The molecule has 0 aliphatic carbocycles. The molecule has 0 fully saturated rings. The lowest BCUT2D eigenvalue weighted by Crippen LogP contribution is -1.90. The predicted octanol–water partition coefficient (Wildman–Crippen LogP) is 3.15. The van der Waals surface area contributed by atoms with E-state index in [0.717, 1.165) is 9.39 Å². The zero-order chi connectivity index (χ0) is 9.59. The van der Waals surface area contributed by atoms with E-state index in [1.807, 2.05) is 6.92 Å². The van der Waals surface area contributed by atoms with Crippen LogP contribution in [0.3, 0.4) is 0 Å². The van der Waals surface area contributed by atoms with Gasteiger partial charge in [-0.15, -0.1) is 0 Å². The minimum Gasteiger partial charge on any atom is -0.291 e. The van der Waals surface area contributed by atoms with Crippen molar-refractivity contribution in [3.8, 4) is 0 Å². The average Bonchev–Trinajstić information content (AvgIpc) is 2.32. The smallest absolute Gasteiger partial charge is 0.174 e. The normalized spacial score (nSPS) is 11.1. The molecule has 0 atom stereocenters. The Kier molecular flexibility index (Phi) is 2.31. The fraction of sp³-hybridized carbons (Fsp3) is 0.125. The average molecular weight is 355 g/mol. The van der Waals surface area contributed by atoms with E-state index in [2.05, 4.69) is 43.5 Å². The summed E-state index contributed by atoms with van der Waals surface area (Å²) in [6.07, 6.45) is 1.81. The topological polar surface area (TPSA) is 17.3 Å². The Morgan fingerprint density at radius 3 is 3.00 bits per heavy atom. The van der Waals surface area contributed by atoms with Gasteiger partial charge in [-0.1, -0.05) is 0 Å². The molecule has 0 aliphatic rings. The van der Waals surface area contributed by atoms with Crippen molar-refractivity contribution >= 4 is 44.2 Å². The van der Waals surface area contributed by atoms with E-state index in [-0.39, 0.29) is 5.82 Å². The van der Waals surface area contributed by atoms with Crippen LogP contribution in [0.15, 0.2) is 16.7 Å². The summed E-state index contributed by atoms with van der Waals surface area (Å²) in [6.45, 7) is 1.86. The first-order valence-electron chi connectivity index (χ1n) is 3.59. The number of aromatic nitrogens is 2. The van der Waals surface area contributed by atoms with Gasteiger partial charge in [-0.05, 0) is 51.5 Å². The van der Waals surface area contributed by atoms with Crippen molar-refractivity contribution in [2.75, 3.05) is 0 Å². The molecular weight excluding hydrogens is 350 g/mol. The minimum absolute atomic E-state index is 0.305. The van der Waals surface area contributed by atoms with E-state index in [1.54, 1.807) is 10.6 Å². The van der Waals surface area contributed by atoms with Crippen molar-refractivity contribution < 1.29 is 4.39 Å². The van der Waals surface area contributed by atoms with Gasteiger partial charge in [0, 0.05) is 10.7 Å². The Bertz CT molecular complexity index is 480. The first-order valence-corrected chi connectivity index (χ1v) is 5.46. The summed E-state index contributed by atoms with van der Waals surface area (Å²) in [6, 6.07) is 1.41. The quantitative estimate of drug-likeness (QED) is 0.664. The summed E-state index contributed by atoms with van der Waals surface area (Å²) < 4.78 is 16.7. The maximum Gasteiger partial charge on any atom is 0.174 e. The molecule has 0 spiro atoms. The summed E-state index contributed by atoms with van der Waals surface area (Å²) in [4.78, 5) is 4.11. The maximum absolute atomic E-state index is 13.3. The van der Waals surface area contributed by atoms with Crippen LogP contribution in [0.4, 0.5) is 4.39 Å². The molecule has 0 saturated heterocycles. The largest absolute Gasteiger partial charge is 0.291 e. The van der Waals surface area contributed by atoms with Crippen LogP contribution in [0.2, 0.25) is 0 Å². The highest BCUT2D eigenvalue weighted by Crippen LogP contribution is 2.20. The number of imidazole rings is 1. The Labute approximate surface area is 96.4 Å². The number of rotatable bonds is 0.